The van der Waals surface area contributed by atoms with Crippen molar-refractivity contribution in [2.75, 3.05) is 19.8 Å². The lowest BCUT2D eigenvalue weighted by Crippen LogP contribution is -2.30. The van der Waals surface area contributed by atoms with Crippen LogP contribution in [0.15, 0.2) is 72.8 Å². The SMILES string of the molecule is CCCOc1cccc(C(O)C(O)CCNC(=O)OCC2c3ccccc3-c3ccccc32)c1. The number of hydrogen-bond donors (Lipinski definition) is 3. The maximum atomic E-state index is 12.3. The number of hydrogen-bond acceptors (Lipinski definition) is 5. The van der Waals surface area contributed by atoms with Gasteiger partial charge in [-0.1, -0.05) is 67.6 Å². The lowest BCUT2D eigenvalue weighted by Gasteiger charge is -2.19. The van der Waals surface area contributed by atoms with Crippen molar-refractivity contribution in [3.63, 3.8) is 0 Å². The molecule has 0 saturated carbocycles. The Morgan fingerprint density at radius 2 is 1.65 bits per heavy atom. The second-order valence-electron chi connectivity index (χ2n) is 8.47. The topological polar surface area (TPSA) is 88.0 Å². The fourth-order valence-electron chi connectivity index (χ4n) is 4.36. The van der Waals surface area contributed by atoms with Crippen molar-refractivity contribution in [1.29, 1.82) is 0 Å². The van der Waals surface area contributed by atoms with Crippen LogP contribution in [0, 0.1) is 0 Å². The summed E-state index contributed by atoms with van der Waals surface area (Å²) < 4.78 is 11.1. The molecule has 1 aliphatic rings. The molecule has 34 heavy (non-hydrogen) atoms. The number of carbonyl (C=O) groups excluding carboxylic acids is 1. The number of carbonyl (C=O) groups is 1. The van der Waals surface area contributed by atoms with Crippen LogP contribution in [0.5, 0.6) is 5.75 Å². The van der Waals surface area contributed by atoms with Gasteiger partial charge in [0.1, 0.15) is 18.5 Å². The van der Waals surface area contributed by atoms with Gasteiger partial charge in [0.2, 0.25) is 0 Å². The fourth-order valence-corrected chi connectivity index (χ4v) is 4.36. The summed E-state index contributed by atoms with van der Waals surface area (Å²) in [5.41, 5.74) is 5.23. The number of aliphatic hydroxyl groups is 2. The average molecular weight is 462 g/mol. The van der Waals surface area contributed by atoms with E-state index in [2.05, 4.69) is 29.6 Å². The van der Waals surface area contributed by atoms with Gasteiger partial charge in [-0.2, -0.15) is 0 Å². The Kier molecular flexibility index (Phi) is 7.83. The van der Waals surface area contributed by atoms with Crippen LogP contribution in [0.2, 0.25) is 0 Å². The minimum absolute atomic E-state index is 0.00670. The first kappa shape index (κ1) is 23.8. The highest BCUT2D eigenvalue weighted by Gasteiger charge is 2.29. The maximum absolute atomic E-state index is 12.3. The van der Waals surface area contributed by atoms with Gasteiger partial charge in [0.05, 0.1) is 12.7 Å². The molecule has 3 aromatic carbocycles. The molecule has 0 aromatic heterocycles. The van der Waals surface area contributed by atoms with Crippen molar-refractivity contribution in [2.24, 2.45) is 0 Å². The third kappa shape index (κ3) is 5.41. The molecule has 3 aromatic rings. The molecular weight excluding hydrogens is 430 g/mol. The lowest BCUT2D eigenvalue weighted by atomic mass is 9.98. The number of amides is 1. The minimum atomic E-state index is -1.07. The molecule has 0 bridgehead atoms. The van der Waals surface area contributed by atoms with E-state index in [1.54, 1.807) is 18.2 Å². The van der Waals surface area contributed by atoms with Crippen LogP contribution in [0.25, 0.3) is 11.1 Å². The van der Waals surface area contributed by atoms with Gasteiger partial charge >= 0.3 is 6.09 Å². The van der Waals surface area contributed by atoms with Crippen LogP contribution in [-0.4, -0.2) is 42.2 Å². The quantitative estimate of drug-likeness (QED) is 0.404. The number of aliphatic hydroxyl groups excluding tert-OH is 2. The van der Waals surface area contributed by atoms with Gasteiger partial charge in [0.15, 0.2) is 0 Å². The van der Waals surface area contributed by atoms with Crippen molar-refractivity contribution in [3.05, 3.63) is 89.5 Å². The van der Waals surface area contributed by atoms with E-state index >= 15 is 0 Å². The summed E-state index contributed by atoms with van der Waals surface area (Å²) >= 11 is 0. The lowest BCUT2D eigenvalue weighted by molar-refractivity contribution is 0.0135. The summed E-state index contributed by atoms with van der Waals surface area (Å²) in [5, 5.41) is 23.6. The fraction of sp³-hybridized carbons (Fsp3) is 0.321. The van der Waals surface area contributed by atoms with Gasteiger partial charge in [0.25, 0.3) is 0 Å². The summed E-state index contributed by atoms with van der Waals surface area (Å²) in [6.45, 7) is 3.02. The Hall–Kier alpha value is -3.35. The summed E-state index contributed by atoms with van der Waals surface area (Å²) in [6.07, 6.45) is -1.58. The molecule has 4 rings (SSSR count). The van der Waals surface area contributed by atoms with Gasteiger partial charge in [0, 0.05) is 12.5 Å². The van der Waals surface area contributed by atoms with E-state index < -0.39 is 18.3 Å². The highest BCUT2D eigenvalue weighted by atomic mass is 16.5. The van der Waals surface area contributed by atoms with Crippen molar-refractivity contribution < 1.29 is 24.5 Å². The van der Waals surface area contributed by atoms with Gasteiger partial charge in [-0.15, -0.1) is 0 Å². The smallest absolute Gasteiger partial charge is 0.407 e. The van der Waals surface area contributed by atoms with Crippen LogP contribution < -0.4 is 10.1 Å². The van der Waals surface area contributed by atoms with Crippen molar-refractivity contribution in [2.45, 2.75) is 37.9 Å². The van der Waals surface area contributed by atoms with E-state index in [-0.39, 0.29) is 25.5 Å². The average Bonchev–Trinajstić information content (AvgIpc) is 3.19. The highest BCUT2D eigenvalue weighted by Crippen LogP contribution is 2.44. The molecular formula is C28H31NO5. The maximum Gasteiger partial charge on any atom is 0.407 e. The number of rotatable bonds is 10. The van der Waals surface area contributed by atoms with Crippen molar-refractivity contribution in [3.8, 4) is 16.9 Å². The van der Waals surface area contributed by atoms with E-state index in [0.717, 1.165) is 17.5 Å². The largest absolute Gasteiger partial charge is 0.494 e. The number of nitrogens with one attached hydrogen (secondary N) is 1. The number of fused-ring (bicyclic) bond motifs is 3. The summed E-state index contributed by atoms with van der Waals surface area (Å²) in [7, 11) is 0. The van der Waals surface area contributed by atoms with Crippen LogP contribution >= 0.6 is 0 Å². The minimum Gasteiger partial charge on any atom is -0.494 e. The van der Waals surface area contributed by atoms with E-state index in [0.29, 0.717) is 17.9 Å². The zero-order chi connectivity index (χ0) is 23.9. The molecule has 0 saturated heterocycles. The molecule has 0 spiro atoms. The molecule has 0 aliphatic heterocycles. The number of benzene rings is 3. The number of alkyl carbamates (subject to hydrolysis) is 1. The van der Waals surface area contributed by atoms with E-state index in [1.165, 1.54) is 11.1 Å². The first-order chi connectivity index (χ1) is 16.6. The normalized spacial score (nSPS) is 14.1. The molecule has 3 N–H and O–H groups in total. The molecule has 0 fully saturated rings. The molecule has 2 atom stereocenters. The Labute approximate surface area is 200 Å². The highest BCUT2D eigenvalue weighted by molar-refractivity contribution is 5.79. The predicted octanol–water partition coefficient (Wildman–Crippen LogP) is 4.80. The van der Waals surface area contributed by atoms with Gasteiger partial charge in [-0.25, -0.2) is 4.79 Å². The van der Waals surface area contributed by atoms with E-state index in [4.69, 9.17) is 9.47 Å². The summed E-state index contributed by atoms with van der Waals surface area (Å²) in [5.74, 6) is 0.648. The summed E-state index contributed by atoms with van der Waals surface area (Å²) in [6, 6.07) is 23.4. The molecule has 1 amide bonds. The molecule has 2 unspecified atom stereocenters. The second-order valence-corrected chi connectivity index (χ2v) is 8.47. The van der Waals surface area contributed by atoms with E-state index in [9.17, 15) is 15.0 Å². The first-order valence-corrected chi connectivity index (χ1v) is 11.8. The standard InChI is InChI=1S/C28H31NO5/c1-2-16-33-20-9-7-8-19(17-20)27(31)26(30)14-15-29-28(32)34-18-25-23-12-5-3-10-21(23)22-11-4-6-13-24(22)25/h3-13,17,25-27,30-31H,2,14-16,18H2,1H3,(H,29,32). The Morgan fingerprint density at radius 3 is 2.32 bits per heavy atom. The molecule has 178 valence electrons. The third-order valence-corrected chi connectivity index (χ3v) is 6.09. The Bertz CT molecular complexity index is 1070. The monoisotopic (exact) mass is 461 g/mol. The predicted molar refractivity (Wildman–Crippen MR) is 131 cm³/mol. The van der Waals surface area contributed by atoms with Crippen LogP contribution in [0.4, 0.5) is 4.79 Å². The second kappa shape index (κ2) is 11.2. The third-order valence-electron chi connectivity index (χ3n) is 6.09. The first-order valence-electron chi connectivity index (χ1n) is 11.8. The van der Waals surface area contributed by atoms with Gasteiger partial charge in [-0.3, -0.25) is 0 Å². The van der Waals surface area contributed by atoms with Gasteiger partial charge in [-0.05, 0) is 52.8 Å². The molecule has 1 aliphatic carbocycles. The Morgan fingerprint density at radius 1 is 0.971 bits per heavy atom. The van der Waals surface area contributed by atoms with Crippen LogP contribution in [0.3, 0.4) is 0 Å². The molecule has 0 heterocycles. The van der Waals surface area contributed by atoms with Crippen molar-refractivity contribution in [1.82, 2.24) is 5.32 Å². The number of ether oxygens (including phenoxy) is 2. The molecule has 0 radical (unpaired) electrons. The van der Waals surface area contributed by atoms with Crippen LogP contribution in [-0.2, 0) is 4.74 Å². The Balaban J connectivity index is 1.26. The zero-order valence-corrected chi connectivity index (χ0v) is 19.3. The molecule has 6 heteroatoms. The molecule has 6 nitrogen and oxygen atoms in total. The van der Waals surface area contributed by atoms with Crippen LogP contribution in [0.1, 0.15) is 48.5 Å². The van der Waals surface area contributed by atoms with Gasteiger partial charge < -0.3 is 25.0 Å². The zero-order valence-electron chi connectivity index (χ0n) is 19.3. The van der Waals surface area contributed by atoms with E-state index in [1.807, 2.05) is 37.3 Å². The van der Waals surface area contributed by atoms with Crippen molar-refractivity contribution >= 4 is 6.09 Å². The summed E-state index contributed by atoms with van der Waals surface area (Å²) in [4.78, 5) is 12.3.